The van der Waals surface area contributed by atoms with E-state index in [0.717, 1.165) is 30.5 Å². The maximum atomic E-state index is 10.4. The van der Waals surface area contributed by atoms with Crippen LogP contribution in [0.4, 0.5) is 0 Å². The number of rotatable bonds is 3. The van der Waals surface area contributed by atoms with Crippen LogP contribution in [0.25, 0.3) is 10.8 Å². The average Bonchev–Trinajstić information content (AvgIpc) is 3.06. The number of likely N-dealkylation sites (tertiary alicyclic amines) is 1. The number of phenolic OH excluding ortho intramolecular Hbond substituents is 1. The summed E-state index contributed by atoms with van der Waals surface area (Å²) in [6.45, 7) is 1.83. The van der Waals surface area contributed by atoms with Gasteiger partial charge in [0.1, 0.15) is 5.75 Å². The van der Waals surface area contributed by atoms with Crippen molar-refractivity contribution in [2.45, 2.75) is 25.4 Å². The number of aromatic hydroxyl groups is 1. The van der Waals surface area contributed by atoms with Crippen molar-refractivity contribution in [3.8, 4) is 5.75 Å². The summed E-state index contributed by atoms with van der Waals surface area (Å²) in [6.07, 6.45) is 6.12. The van der Waals surface area contributed by atoms with E-state index < -0.39 is 0 Å². The van der Waals surface area contributed by atoms with Crippen LogP contribution in [0.1, 0.15) is 30.0 Å². The molecular weight excluding hydrogens is 284 g/mol. The number of pyridine rings is 1. The van der Waals surface area contributed by atoms with E-state index in [2.05, 4.69) is 28.1 Å². The fraction of sp³-hybridized carbons (Fsp3) is 0.250. The number of hydrogen-bond donors (Lipinski definition) is 1. The molecule has 3 aromatic rings. The lowest BCUT2D eigenvalue weighted by Crippen LogP contribution is -2.23. The Kier molecular flexibility index (Phi) is 3.72. The Morgan fingerprint density at radius 1 is 1.09 bits per heavy atom. The Balaban J connectivity index is 1.69. The second-order valence-corrected chi connectivity index (χ2v) is 6.20. The largest absolute Gasteiger partial charge is 0.508 e. The van der Waals surface area contributed by atoms with Gasteiger partial charge in [-0.2, -0.15) is 0 Å². The third-order valence-corrected chi connectivity index (χ3v) is 4.81. The standard InChI is InChI=1S/C20H20N2O/c23-20-10-9-15-5-1-2-7-17(15)18(20)14-22-12-4-8-19(22)16-6-3-11-21-13-16/h1-3,5-7,9-11,13,19,23H,4,8,12,14H2. The van der Waals surface area contributed by atoms with Crippen molar-refractivity contribution in [2.24, 2.45) is 0 Å². The summed E-state index contributed by atoms with van der Waals surface area (Å²) in [5.41, 5.74) is 2.30. The molecule has 3 nitrogen and oxygen atoms in total. The lowest BCUT2D eigenvalue weighted by atomic mass is 10.0. The Hall–Kier alpha value is -2.39. The quantitative estimate of drug-likeness (QED) is 0.784. The van der Waals surface area contributed by atoms with Gasteiger partial charge < -0.3 is 5.11 Å². The van der Waals surface area contributed by atoms with Crippen LogP contribution in [0.2, 0.25) is 0 Å². The molecule has 3 heteroatoms. The van der Waals surface area contributed by atoms with Crippen molar-refractivity contribution in [1.82, 2.24) is 9.88 Å². The van der Waals surface area contributed by atoms with Gasteiger partial charge in [-0.05, 0) is 47.9 Å². The molecule has 2 aromatic carbocycles. The lowest BCUT2D eigenvalue weighted by Gasteiger charge is -2.25. The van der Waals surface area contributed by atoms with Crippen molar-refractivity contribution in [2.75, 3.05) is 6.54 Å². The van der Waals surface area contributed by atoms with Gasteiger partial charge in [0.05, 0.1) is 0 Å². The van der Waals surface area contributed by atoms with E-state index in [1.54, 1.807) is 0 Å². The van der Waals surface area contributed by atoms with Crippen LogP contribution in [0, 0.1) is 0 Å². The van der Waals surface area contributed by atoms with Gasteiger partial charge in [-0.15, -0.1) is 0 Å². The van der Waals surface area contributed by atoms with Crippen LogP contribution in [0.5, 0.6) is 5.75 Å². The molecule has 2 heterocycles. The monoisotopic (exact) mass is 304 g/mol. The molecule has 0 aliphatic carbocycles. The Morgan fingerprint density at radius 2 is 2.00 bits per heavy atom. The number of benzene rings is 2. The second-order valence-electron chi connectivity index (χ2n) is 6.20. The predicted octanol–water partition coefficient (Wildman–Crippen LogP) is 4.28. The van der Waals surface area contributed by atoms with Crippen LogP contribution >= 0.6 is 0 Å². The molecule has 116 valence electrons. The molecular formula is C20H20N2O. The number of nitrogens with zero attached hydrogens (tertiary/aromatic N) is 2. The molecule has 1 saturated heterocycles. The summed E-state index contributed by atoms with van der Waals surface area (Å²) in [6, 6.07) is 16.6. The van der Waals surface area contributed by atoms with Crippen molar-refractivity contribution >= 4 is 10.8 Å². The Labute approximate surface area is 136 Å². The minimum atomic E-state index is 0.389. The van der Waals surface area contributed by atoms with Gasteiger partial charge in [0.25, 0.3) is 0 Å². The van der Waals surface area contributed by atoms with Crippen LogP contribution < -0.4 is 0 Å². The van der Waals surface area contributed by atoms with E-state index in [4.69, 9.17) is 0 Å². The van der Waals surface area contributed by atoms with Crippen molar-refractivity contribution in [3.63, 3.8) is 0 Å². The lowest BCUT2D eigenvalue weighted by molar-refractivity contribution is 0.246. The molecule has 1 unspecified atom stereocenters. The first kappa shape index (κ1) is 14.2. The van der Waals surface area contributed by atoms with E-state index >= 15 is 0 Å². The Morgan fingerprint density at radius 3 is 2.87 bits per heavy atom. The van der Waals surface area contributed by atoms with Gasteiger partial charge in [-0.1, -0.05) is 36.4 Å². The highest BCUT2D eigenvalue weighted by Gasteiger charge is 2.27. The normalized spacial score (nSPS) is 18.5. The summed E-state index contributed by atoms with van der Waals surface area (Å²) >= 11 is 0. The SMILES string of the molecule is Oc1ccc2ccccc2c1CN1CCCC1c1cccnc1. The summed E-state index contributed by atoms with van der Waals surface area (Å²) in [5, 5.41) is 12.7. The fourth-order valence-electron chi connectivity index (χ4n) is 3.66. The molecule has 0 saturated carbocycles. The highest BCUT2D eigenvalue weighted by atomic mass is 16.3. The molecule has 1 atom stereocenters. The summed E-state index contributed by atoms with van der Waals surface area (Å²) in [7, 11) is 0. The summed E-state index contributed by atoms with van der Waals surface area (Å²) in [4.78, 5) is 6.72. The fourth-order valence-corrected chi connectivity index (χ4v) is 3.66. The van der Waals surface area contributed by atoms with E-state index in [9.17, 15) is 5.11 Å². The van der Waals surface area contributed by atoms with Gasteiger partial charge in [0.2, 0.25) is 0 Å². The van der Waals surface area contributed by atoms with Crippen LogP contribution in [-0.2, 0) is 6.54 Å². The molecule has 0 amide bonds. The van der Waals surface area contributed by atoms with E-state index in [-0.39, 0.29) is 0 Å². The molecule has 0 spiro atoms. The van der Waals surface area contributed by atoms with E-state index in [0.29, 0.717) is 11.8 Å². The number of phenols is 1. The van der Waals surface area contributed by atoms with Crippen LogP contribution in [0.3, 0.4) is 0 Å². The molecule has 1 aromatic heterocycles. The van der Waals surface area contributed by atoms with Gasteiger partial charge in [-0.25, -0.2) is 0 Å². The zero-order chi connectivity index (χ0) is 15.6. The van der Waals surface area contributed by atoms with E-state index in [1.165, 1.54) is 17.4 Å². The zero-order valence-corrected chi connectivity index (χ0v) is 13.0. The molecule has 4 rings (SSSR count). The third-order valence-electron chi connectivity index (χ3n) is 4.81. The predicted molar refractivity (Wildman–Crippen MR) is 92.2 cm³/mol. The number of aromatic nitrogens is 1. The first-order chi connectivity index (χ1) is 11.3. The van der Waals surface area contributed by atoms with Crippen LogP contribution in [0.15, 0.2) is 60.9 Å². The molecule has 1 aliphatic rings. The minimum absolute atomic E-state index is 0.389. The molecule has 1 fully saturated rings. The average molecular weight is 304 g/mol. The van der Waals surface area contributed by atoms with Gasteiger partial charge in [0.15, 0.2) is 0 Å². The van der Waals surface area contributed by atoms with Gasteiger partial charge in [-0.3, -0.25) is 9.88 Å². The first-order valence-corrected chi connectivity index (χ1v) is 8.16. The summed E-state index contributed by atoms with van der Waals surface area (Å²) in [5.74, 6) is 0.389. The molecule has 1 N–H and O–H groups in total. The van der Waals surface area contributed by atoms with Gasteiger partial charge in [0, 0.05) is 30.5 Å². The van der Waals surface area contributed by atoms with Crippen molar-refractivity contribution in [3.05, 3.63) is 72.1 Å². The third kappa shape index (κ3) is 2.68. The van der Waals surface area contributed by atoms with Crippen molar-refractivity contribution in [1.29, 1.82) is 0 Å². The molecule has 0 radical (unpaired) electrons. The minimum Gasteiger partial charge on any atom is -0.508 e. The molecule has 1 aliphatic heterocycles. The highest BCUT2D eigenvalue weighted by Crippen LogP contribution is 2.36. The summed E-state index contributed by atoms with van der Waals surface area (Å²) < 4.78 is 0. The molecule has 0 bridgehead atoms. The second kappa shape index (κ2) is 6.01. The maximum absolute atomic E-state index is 10.4. The maximum Gasteiger partial charge on any atom is 0.120 e. The topological polar surface area (TPSA) is 36.4 Å². The number of hydrogen-bond acceptors (Lipinski definition) is 3. The van der Waals surface area contributed by atoms with Gasteiger partial charge >= 0.3 is 0 Å². The number of fused-ring (bicyclic) bond motifs is 1. The molecule has 23 heavy (non-hydrogen) atoms. The van der Waals surface area contributed by atoms with E-state index in [1.807, 2.05) is 42.7 Å². The van der Waals surface area contributed by atoms with Crippen molar-refractivity contribution < 1.29 is 5.11 Å². The first-order valence-electron chi connectivity index (χ1n) is 8.16. The highest BCUT2D eigenvalue weighted by molar-refractivity contribution is 5.87. The zero-order valence-electron chi connectivity index (χ0n) is 13.0. The smallest absolute Gasteiger partial charge is 0.120 e. The van der Waals surface area contributed by atoms with Crippen LogP contribution in [-0.4, -0.2) is 21.5 Å². The Bertz CT molecular complexity index is 816.